The largest absolute Gasteiger partial charge is 0.481 e. The first-order valence-electron chi connectivity index (χ1n) is 11.7. The molecule has 0 aliphatic rings. The highest BCUT2D eigenvalue weighted by molar-refractivity contribution is 14.1. The Morgan fingerprint density at radius 2 is 1.74 bits per heavy atom. The number of rotatable bonds is 17. The van der Waals surface area contributed by atoms with Crippen LogP contribution in [-0.4, -0.2) is 55.2 Å². The zero-order chi connectivity index (χ0) is 26.4. The Balaban J connectivity index is 2.40. The van der Waals surface area contributed by atoms with E-state index < -0.39 is 11.9 Å². The highest BCUT2D eigenvalue weighted by atomic mass is 127. The molecule has 0 bridgehead atoms. The maximum absolute atomic E-state index is 12.5. The number of benzene rings is 1. The van der Waals surface area contributed by atoms with Gasteiger partial charge in [-0.25, -0.2) is 0 Å². The van der Waals surface area contributed by atoms with Gasteiger partial charge in [0.05, 0.1) is 24.3 Å². The number of aliphatic carboxylic acids is 1. The number of carbonyl (C=O) groups excluding carboxylic acids is 2. The average Bonchev–Trinajstić information content (AvgIpc) is 2.78. The summed E-state index contributed by atoms with van der Waals surface area (Å²) < 4.78 is 2.84. The van der Waals surface area contributed by atoms with Crippen molar-refractivity contribution >= 4 is 91.2 Å². The molecule has 0 spiro atoms. The Kier molecular flexibility index (Phi) is 16.9. The molecule has 1 rings (SSSR count). The van der Waals surface area contributed by atoms with Gasteiger partial charge in [0, 0.05) is 36.8 Å². The summed E-state index contributed by atoms with van der Waals surface area (Å²) in [7, 11) is 0. The molecule has 2 unspecified atom stereocenters. The van der Waals surface area contributed by atoms with E-state index in [0.717, 1.165) is 41.2 Å². The molecule has 0 radical (unpaired) electrons. The van der Waals surface area contributed by atoms with Crippen LogP contribution in [0, 0.1) is 16.6 Å². The first-order valence-corrected chi connectivity index (χ1v) is 15.0. The number of carbonyl (C=O) groups is 3. The van der Waals surface area contributed by atoms with Crippen LogP contribution in [0.1, 0.15) is 51.5 Å². The molecule has 1 aromatic rings. The number of hydrogen-bond acceptors (Lipinski definition) is 6. The van der Waals surface area contributed by atoms with Crippen LogP contribution >= 0.6 is 67.8 Å². The zero-order valence-corrected chi connectivity index (χ0v) is 26.7. The number of carboxylic acids is 1. The van der Waals surface area contributed by atoms with Gasteiger partial charge in [-0.2, -0.15) is 0 Å². The quantitative estimate of drug-likeness (QED) is 0.0805. The third-order valence-corrected chi connectivity index (χ3v) is 8.28. The zero-order valence-electron chi connectivity index (χ0n) is 20.2. The van der Waals surface area contributed by atoms with Gasteiger partial charge >= 0.3 is 5.97 Å². The van der Waals surface area contributed by atoms with E-state index >= 15 is 0 Å². The van der Waals surface area contributed by atoms with Crippen molar-refractivity contribution in [1.82, 2.24) is 16.0 Å². The number of nitrogens with two attached hydrogens (primary N) is 1. The highest BCUT2D eigenvalue weighted by Crippen LogP contribution is 2.33. The van der Waals surface area contributed by atoms with Crippen LogP contribution < -0.4 is 27.0 Å². The number of carboxylic acid groups (broad SMARTS) is 1. The summed E-state index contributed by atoms with van der Waals surface area (Å²) in [5.74, 6) is -1.36. The molecule has 2 amide bonds. The van der Waals surface area contributed by atoms with Gasteiger partial charge in [-0.15, -0.1) is 0 Å². The van der Waals surface area contributed by atoms with Crippen LogP contribution in [0.5, 0.6) is 0 Å². The fourth-order valence-electron chi connectivity index (χ4n) is 3.26. The van der Waals surface area contributed by atoms with E-state index in [9.17, 15) is 19.5 Å². The molecule has 7 N–H and O–H groups in total. The number of amides is 2. The molecule has 2 atom stereocenters. The van der Waals surface area contributed by atoms with Gasteiger partial charge in [0.15, 0.2) is 0 Å². The average molecular weight is 827 g/mol. The second kappa shape index (κ2) is 18.0. The van der Waals surface area contributed by atoms with E-state index in [1.807, 2.05) is 19.9 Å². The van der Waals surface area contributed by atoms with E-state index in [0.29, 0.717) is 38.9 Å². The van der Waals surface area contributed by atoms with Crippen LogP contribution in [0.15, 0.2) is 6.07 Å². The topological polar surface area (TPSA) is 146 Å². The molecule has 12 heteroatoms. The Bertz CT molecular complexity index is 855. The third-order valence-electron chi connectivity index (χ3n) is 5.28. The molecule has 198 valence electrons. The Morgan fingerprint density at radius 1 is 1.03 bits per heavy atom. The van der Waals surface area contributed by atoms with Gasteiger partial charge in [-0.05, 0) is 112 Å². The van der Waals surface area contributed by atoms with E-state index in [1.165, 1.54) is 0 Å². The summed E-state index contributed by atoms with van der Waals surface area (Å²) in [6.07, 6.45) is 3.69. The predicted octanol–water partition coefficient (Wildman–Crippen LogP) is 3.25. The van der Waals surface area contributed by atoms with Crippen molar-refractivity contribution in [3.05, 3.63) is 22.3 Å². The fourth-order valence-corrected chi connectivity index (χ4v) is 7.34. The summed E-state index contributed by atoms with van der Waals surface area (Å²) in [6, 6.07) is 1.98. The van der Waals surface area contributed by atoms with E-state index in [4.69, 9.17) is 5.73 Å². The minimum absolute atomic E-state index is 0.0459. The Hall–Kier alpha value is -0.300. The molecule has 35 heavy (non-hydrogen) atoms. The van der Waals surface area contributed by atoms with Crippen LogP contribution in [0.4, 0.5) is 5.69 Å². The number of nitrogens with one attached hydrogen (secondary N) is 4. The first-order chi connectivity index (χ1) is 16.6. The lowest BCUT2D eigenvalue weighted by atomic mass is 9.97. The van der Waals surface area contributed by atoms with E-state index in [1.54, 1.807) is 0 Å². The SMILES string of the molecule is CCC(Cc1c(I)cc(I)c(NC(=O)CCCCCNC(=O)CNCCNC(C)N)c1I)C(=O)O. The maximum atomic E-state index is 12.5. The standard InChI is InChI=1S/C23H36I3N5O4/c1-3-15(23(34)35)11-16-17(24)12-18(25)22(21(16)26)31-19(32)7-5-4-6-8-30-20(33)13-28-9-10-29-14(2)27/h12,14-15,28-29H,3-11,13,27H2,1-2H3,(H,30,33)(H,31,32)(H,34,35). The van der Waals surface area contributed by atoms with Crippen molar-refractivity contribution in [2.75, 3.05) is 31.5 Å². The van der Waals surface area contributed by atoms with Crippen LogP contribution in [-0.2, 0) is 20.8 Å². The van der Waals surface area contributed by atoms with Crippen LogP contribution in [0.25, 0.3) is 0 Å². The molecule has 0 aliphatic carbocycles. The highest BCUT2D eigenvalue weighted by Gasteiger charge is 2.22. The maximum Gasteiger partial charge on any atom is 0.306 e. The van der Waals surface area contributed by atoms with Crippen LogP contribution in [0.3, 0.4) is 0 Å². The number of hydrogen-bond donors (Lipinski definition) is 6. The van der Waals surface area contributed by atoms with Gasteiger partial charge in [0.25, 0.3) is 0 Å². The van der Waals surface area contributed by atoms with Crippen molar-refractivity contribution in [2.45, 2.75) is 58.5 Å². The molecule has 9 nitrogen and oxygen atoms in total. The summed E-state index contributed by atoms with van der Waals surface area (Å²) in [5.41, 5.74) is 7.31. The second-order valence-electron chi connectivity index (χ2n) is 8.28. The lowest BCUT2D eigenvalue weighted by Crippen LogP contribution is -2.41. The van der Waals surface area contributed by atoms with E-state index in [-0.39, 0.29) is 24.5 Å². The van der Waals surface area contributed by atoms with E-state index in [2.05, 4.69) is 89.0 Å². The lowest BCUT2D eigenvalue weighted by Gasteiger charge is -2.18. The van der Waals surface area contributed by atoms with Crippen molar-refractivity contribution < 1.29 is 19.5 Å². The molecule has 0 saturated carbocycles. The molecule has 0 fully saturated rings. The van der Waals surface area contributed by atoms with Crippen molar-refractivity contribution in [3.8, 4) is 0 Å². The minimum Gasteiger partial charge on any atom is -0.481 e. The number of halogens is 3. The molecule has 0 aliphatic heterocycles. The summed E-state index contributed by atoms with van der Waals surface area (Å²) in [4.78, 5) is 35.9. The Labute approximate surface area is 248 Å². The van der Waals surface area contributed by atoms with Gasteiger partial charge in [0.1, 0.15) is 0 Å². The number of anilines is 1. The molecule has 0 heterocycles. The summed E-state index contributed by atoms with van der Waals surface area (Å²) >= 11 is 6.64. The van der Waals surface area contributed by atoms with Crippen LogP contribution in [0.2, 0.25) is 0 Å². The van der Waals surface area contributed by atoms with Gasteiger partial charge in [-0.1, -0.05) is 13.3 Å². The van der Waals surface area contributed by atoms with Gasteiger partial charge < -0.3 is 32.1 Å². The minimum atomic E-state index is -0.801. The first kappa shape index (κ1) is 32.7. The third kappa shape index (κ3) is 13.2. The lowest BCUT2D eigenvalue weighted by molar-refractivity contribution is -0.141. The van der Waals surface area contributed by atoms with Gasteiger partial charge in [-0.3, -0.25) is 14.4 Å². The van der Waals surface area contributed by atoms with Crippen molar-refractivity contribution in [1.29, 1.82) is 0 Å². The Morgan fingerprint density at radius 3 is 2.37 bits per heavy atom. The molecular formula is C23H36I3N5O4. The fraction of sp³-hybridized carbons (Fsp3) is 0.609. The molecule has 0 aromatic heterocycles. The number of unbranched alkanes of at least 4 members (excludes halogenated alkanes) is 2. The van der Waals surface area contributed by atoms with Gasteiger partial charge in [0.2, 0.25) is 11.8 Å². The van der Waals surface area contributed by atoms with Crippen molar-refractivity contribution in [3.63, 3.8) is 0 Å². The molecule has 1 aromatic carbocycles. The molecule has 0 saturated heterocycles. The molecular weight excluding hydrogens is 791 g/mol. The second-order valence-corrected chi connectivity index (χ2v) is 11.7. The smallest absolute Gasteiger partial charge is 0.306 e. The summed E-state index contributed by atoms with van der Waals surface area (Å²) in [5, 5.41) is 21.4. The normalized spacial score (nSPS) is 12.7. The predicted molar refractivity (Wildman–Crippen MR) is 164 cm³/mol. The van der Waals surface area contributed by atoms with Crippen molar-refractivity contribution in [2.24, 2.45) is 11.7 Å². The summed E-state index contributed by atoms with van der Waals surface area (Å²) in [6.45, 7) is 5.96. The monoisotopic (exact) mass is 827 g/mol.